The summed E-state index contributed by atoms with van der Waals surface area (Å²) in [6.07, 6.45) is 3.41. The van der Waals surface area contributed by atoms with Crippen molar-refractivity contribution in [2.45, 2.75) is 6.54 Å². The molecule has 8 nitrogen and oxygen atoms in total. The second kappa shape index (κ2) is 4.92. The third-order valence-corrected chi connectivity index (χ3v) is 2.74. The third-order valence-electron chi connectivity index (χ3n) is 2.74. The quantitative estimate of drug-likeness (QED) is 0.701. The highest BCUT2D eigenvalue weighted by Crippen LogP contribution is 2.07. The summed E-state index contributed by atoms with van der Waals surface area (Å²) in [5.41, 5.74) is 6.94. The number of primary amides is 1. The van der Waals surface area contributed by atoms with Crippen LogP contribution in [0.3, 0.4) is 0 Å². The van der Waals surface area contributed by atoms with E-state index in [4.69, 9.17) is 5.73 Å². The number of carbonyl (C=O) groups is 1. The van der Waals surface area contributed by atoms with Crippen molar-refractivity contribution in [2.75, 3.05) is 5.32 Å². The van der Waals surface area contributed by atoms with Crippen molar-refractivity contribution in [1.29, 1.82) is 0 Å². The van der Waals surface area contributed by atoms with Crippen molar-refractivity contribution >= 4 is 17.4 Å². The number of rotatable bonds is 4. The van der Waals surface area contributed by atoms with Gasteiger partial charge in [-0.3, -0.25) is 4.79 Å². The second-order valence-electron chi connectivity index (χ2n) is 4.06. The van der Waals surface area contributed by atoms with E-state index in [9.17, 15) is 4.79 Å². The lowest BCUT2D eigenvalue weighted by Crippen LogP contribution is -2.14. The molecule has 0 aliphatic carbocycles. The maximum Gasteiger partial charge on any atom is 0.269 e. The van der Waals surface area contributed by atoms with E-state index in [2.05, 4.69) is 25.6 Å². The number of hydrogen-bond acceptors (Lipinski definition) is 6. The number of carbonyl (C=O) groups excluding carboxylic acids is 1. The predicted octanol–water partition coefficient (Wildman–Crippen LogP) is 0.230. The molecule has 1 amide bonds. The Balaban J connectivity index is 1.76. The first-order chi connectivity index (χ1) is 9.74. The Kier molecular flexibility index (Phi) is 2.96. The molecule has 0 unspecified atom stereocenters. The van der Waals surface area contributed by atoms with Crippen LogP contribution in [-0.4, -0.2) is 30.7 Å². The fourth-order valence-electron chi connectivity index (χ4n) is 1.76. The van der Waals surface area contributed by atoms with Crippen LogP contribution in [0.4, 0.5) is 5.82 Å². The molecule has 0 fully saturated rings. The fraction of sp³-hybridized carbons (Fsp3) is 0.0833. The van der Waals surface area contributed by atoms with Crippen molar-refractivity contribution in [3.63, 3.8) is 0 Å². The molecule has 0 radical (unpaired) electrons. The van der Waals surface area contributed by atoms with Gasteiger partial charge in [0.25, 0.3) is 5.91 Å². The minimum Gasteiger partial charge on any atom is -0.364 e. The van der Waals surface area contributed by atoms with Crippen LogP contribution in [0.15, 0.2) is 36.7 Å². The van der Waals surface area contributed by atoms with Gasteiger partial charge >= 0.3 is 0 Å². The largest absolute Gasteiger partial charge is 0.364 e. The van der Waals surface area contributed by atoms with Gasteiger partial charge in [-0.25, -0.2) is 9.50 Å². The van der Waals surface area contributed by atoms with E-state index < -0.39 is 5.91 Å². The summed E-state index contributed by atoms with van der Waals surface area (Å²) in [6, 6.07) is 6.85. The van der Waals surface area contributed by atoms with Crippen molar-refractivity contribution in [1.82, 2.24) is 24.8 Å². The highest BCUT2D eigenvalue weighted by Gasteiger charge is 2.05. The normalized spacial score (nSPS) is 10.6. The Morgan fingerprint density at radius 1 is 1.20 bits per heavy atom. The molecule has 0 aliphatic rings. The highest BCUT2D eigenvalue weighted by atomic mass is 16.1. The number of hydrogen-bond donors (Lipinski definition) is 2. The molecule has 0 bridgehead atoms. The van der Waals surface area contributed by atoms with Gasteiger partial charge in [0.2, 0.25) is 0 Å². The van der Waals surface area contributed by atoms with Crippen molar-refractivity contribution in [3.8, 4) is 0 Å². The maximum atomic E-state index is 10.9. The van der Waals surface area contributed by atoms with Crippen LogP contribution < -0.4 is 11.1 Å². The smallest absolute Gasteiger partial charge is 0.269 e. The summed E-state index contributed by atoms with van der Waals surface area (Å²) in [4.78, 5) is 15.1. The summed E-state index contributed by atoms with van der Waals surface area (Å²) in [7, 11) is 0. The first kappa shape index (κ1) is 12.0. The standard InChI is InChI=1S/C12H11N7O/c13-12(20)9-1-2-10(18-17-9)15-7-8-3-5-14-11-4-6-16-19(8)11/h1-6H,7H2,(H2,13,20)(H,15,18). The Bertz CT molecular complexity index is 750. The number of nitrogens with two attached hydrogens (primary N) is 1. The van der Waals surface area contributed by atoms with E-state index >= 15 is 0 Å². The maximum absolute atomic E-state index is 10.9. The van der Waals surface area contributed by atoms with Crippen molar-refractivity contribution in [3.05, 3.63) is 48.0 Å². The van der Waals surface area contributed by atoms with E-state index in [1.165, 1.54) is 6.07 Å². The molecule has 3 N–H and O–H groups in total. The molecular weight excluding hydrogens is 258 g/mol. The molecule has 0 aromatic carbocycles. The van der Waals surface area contributed by atoms with Crippen LogP contribution in [0.5, 0.6) is 0 Å². The Labute approximate surface area is 113 Å². The Hall–Kier alpha value is -3.03. The molecule has 100 valence electrons. The average Bonchev–Trinajstić information content (AvgIpc) is 2.94. The van der Waals surface area contributed by atoms with E-state index in [1.807, 2.05) is 12.1 Å². The number of amides is 1. The molecule has 20 heavy (non-hydrogen) atoms. The zero-order valence-corrected chi connectivity index (χ0v) is 10.4. The molecule has 3 heterocycles. The minimum atomic E-state index is -0.601. The molecule has 3 rings (SSSR count). The van der Waals surface area contributed by atoms with Gasteiger partial charge in [-0.1, -0.05) is 0 Å². The predicted molar refractivity (Wildman–Crippen MR) is 70.9 cm³/mol. The molecule has 0 aliphatic heterocycles. The Morgan fingerprint density at radius 2 is 2.10 bits per heavy atom. The number of nitrogens with one attached hydrogen (secondary N) is 1. The summed E-state index contributed by atoms with van der Waals surface area (Å²) < 4.78 is 1.73. The SMILES string of the molecule is NC(=O)c1ccc(NCc2ccnc3ccnn23)nn1. The number of anilines is 1. The molecule has 8 heteroatoms. The van der Waals surface area contributed by atoms with E-state index in [1.54, 1.807) is 23.0 Å². The number of nitrogens with zero attached hydrogens (tertiary/aromatic N) is 5. The van der Waals surface area contributed by atoms with Gasteiger partial charge in [0.05, 0.1) is 18.4 Å². The number of fused-ring (bicyclic) bond motifs is 1. The van der Waals surface area contributed by atoms with Crippen LogP contribution in [0, 0.1) is 0 Å². The summed E-state index contributed by atoms with van der Waals surface area (Å²) >= 11 is 0. The van der Waals surface area contributed by atoms with Gasteiger partial charge in [0.15, 0.2) is 11.3 Å². The van der Waals surface area contributed by atoms with Gasteiger partial charge in [0, 0.05) is 12.3 Å². The molecule has 0 spiro atoms. The monoisotopic (exact) mass is 269 g/mol. The minimum absolute atomic E-state index is 0.133. The van der Waals surface area contributed by atoms with Crippen LogP contribution in [0.1, 0.15) is 16.2 Å². The van der Waals surface area contributed by atoms with E-state index in [0.717, 1.165) is 11.3 Å². The van der Waals surface area contributed by atoms with Crippen molar-refractivity contribution in [2.24, 2.45) is 5.73 Å². The summed E-state index contributed by atoms with van der Waals surface area (Å²) in [5, 5.41) is 14.9. The molecule has 3 aromatic heterocycles. The van der Waals surface area contributed by atoms with Gasteiger partial charge in [-0.15, -0.1) is 10.2 Å². The summed E-state index contributed by atoms with van der Waals surface area (Å²) in [6.45, 7) is 0.505. The molecule has 0 atom stereocenters. The van der Waals surface area contributed by atoms with Crippen LogP contribution in [0.2, 0.25) is 0 Å². The Morgan fingerprint density at radius 3 is 2.85 bits per heavy atom. The van der Waals surface area contributed by atoms with Gasteiger partial charge in [0.1, 0.15) is 5.82 Å². The number of aromatic nitrogens is 5. The van der Waals surface area contributed by atoms with Crippen molar-refractivity contribution < 1.29 is 4.79 Å². The zero-order chi connectivity index (χ0) is 13.9. The third kappa shape index (κ3) is 2.26. The van der Waals surface area contributed by atoms with Gasteiger partial charge in [-0.05, 0) is 18.2 Å². The van der Waals surface area contributed by atoms with E-state index in [0.29, 0.717) is 12.4 Å². The van der Waals surface area contributed by atoms with E-state index in [-0.39, 0.29) is 5.69 Å². The lowest BCUT2D eigenvalue weighted by molar-refractivity contribution is 0.0994. The molecular formula is C12H11N7O. The van der Waals surface area contributed by atoms with Crippen LogP contribution in [-0.2, 0) is 6.54 Å². The molecule has 3 aromatic rings. The summed E-state index contributed by atoms with van der Waals surface area (Å²) in [5.74, 6) is -0.0523. The van der Waals surface area contributed by atoms with Crippen LogP contribution in [0.25, 0.3) is 5.65 Å². The lowest BCUT2D eigenvalue weighted by Gasteiger charge is -2.06. The first-order valence-electron chi connectivity index (χ1n) is 5.89. The molecule has 0 saturated heterocycles. The van der Waals surface area contributed by atoms with Gasteiger partial charge < -0.3 is 11.1 Å². The second-order valence-corrected chi connectivity index (χ2v) is 4.06. The zero-order valence-electron chi connectivity index (χ0n) is 10.4. The molecule has 0 saturated carbocycles. The average molecular weight is 269 g/mol. The topological polar surface area (TPSA) is 111 Å². The van der Waals surface area contributed by atoms with Crippen LogP contribution >= 0.6 is 0 Å². The highest BCUT2D eigenvalue weighted by molar-refractivity contribution is 5.90. The van der Waals surface area contributed by atoms with Gasteiger partial charge in [-0.2, -0.15) is 5.10 Å². The fourth-order valence-corrected chi connectivity index (χ4v) is 1.76. The lowest BCUT2D eigenvalue weighted by atomic mass is 10.3. The first-order valence-corrected chi connectivity index (χ1v) is 5.89.